The van der Waals surface area contributed by atoms with Gasteiger partial charge in [0.15, 0.2) is 0 Å². The molecule has 7 heteroatoms. The highest BCUT2D eigenvalue weighted by Crippen LogP contribution is 2.39. The van der Waals surface area contributed by atoms with Crippen LogP contribution in [-0.4, -0.2) is 24.2 Å². The molecule has 0 amide bonds. The minimum absolute atomic E-state index is 0.00679. The quantitative estimate of drug-likeness (QED) is 0.636. The first kappa shape index (κ1) is 15.6. The summed E-state index contributed by atoms with van der Waals surface area (Å²) >= 11 is 0. The van der Waals surface area contributed by atoms with E-state index in [0.29, 0.717) is 6.54 Å². The second-order valence-corrected chi connectivity index (χ2v) is 7.35. The van der Waals surface area contributed by atoms with Gasteiger partial charge in [0.2, 0.25) is 10.0 Å². The maximum absolute atomic E-state index is 12.9. The Labute approximate surface area is 134 Å². The summed E-state index contributed by atoms with van der Waals surface area (Å²) in [5.74, 6) is 0. The molecule has 1 atom stereocenters. The summed E-state index contributed by atoms with van der Waals surface area (Å²) in [5, 5.41) is 11.0. The van der Waals surface area contributed by atoms with E-state index in [1.54, 1.807) is 0 Å². The Kier molecular flexibility index (Phi) is 3.91. The standard InChI is InChI=1S/C16H16N2O4S/c1-12-14(18(19)20)8-5-9-16(12)23(21,22)17-11-10-15(17)13-6-3-2-4-7-13/h2-9,15H,10-11H2,1H3. The molecule has 1 aliphatic heterocycles. The zero-order valence-corrected chi connectivity index (χ0v) is 13.4. The summed E-state index contributed by atoms with van der Waals surface area (Å²) < 4.78 is 27.2. The van der Waals surface area contributed by atoms with Crippen LogP contribution in [0.1, 0.15) is 23.6 Å². The molecule has 120 valence electrons. The maximum atomic E-state index is 12.9. The van der Waals surface area contributed by atoms with E-state index in [9.17, 15) is 18.5 Å². The summed E-state index contributed by atoms with van der Waals surface area (Å²) in [6.45, 7) is 1.90. The number of nitrogens with zero attached hydrogens (tertiary/aromatic N) is 2. The summed E-state index contributed by atoms with van der Waals surface area (Å²) in [6, 6.07) is 13.4. The molecule has 0 saturated carbocycles. The molecule has 1 saturated heterocycles. The molecule has 1 fully saturated rings. The zero-order valence-electron chi connectivity index (χ0n) is 12.5. The van der Waals surface area contributed by atoms with Crippen LogP contribution < -0.4 is 0 Å². The fraction of sp³-hybridized carbons (Fsp3) is 0.250. The molecule has 0 aromatic heterocycles. The maximum Gasteiger partial charge on any atom is 0.273 e. The largest absolute Gasteiger partial charge is 0.273 e. The minimum atomic E-state index is -3.76. The van der Waals surface area contributed by atoms with Crippen molar-refractivity contribution < 1.29 is 13.3 Å². The predicted octanol–water partition coefficient (Wildman–Crippen LogP) is 3.04. The molecular weight excluding hydrogens is 316 g/mol. The summed E-state index contributed by atoms with van der Waals surface area (Å²) in [5.41, 5.74) is 0.935. The highest BCUT2D eigenvalue weighted by atomic mass is 32.2. The Bertz CT molecular complexity index is 850. The second-order valence-electron chi connectivity index (χ2n) is 5.49. The normalized spacial score (nSPS) is 18.4. The van der Waals surface area contributed by atoms with Crippen LogP contribution in [0.2, 0.25) is 0 Å². The smallest absolute Gasteiger partial charge is 0.258 e. The van der Waals surface area contributed by atoms with Gasteiger partial charge in [-0.1, -0.05) is 36.4 Å². The van der Waals surface area contributed by atoms with Crippen molar-refractivity contribution in [3.8, 4) is 0 Å². The van der Waals surface area contributed by atoms with Gasteiger partial charge in [0.1, 0.15) is 0 Å². The summed E-state index contributed by atoms with van der Waals surface area (Å²) in [6.07, 6.45) is 0.747. The number of sulfonamides is 1. The average Bonchev–Trinajstić information content (AvgIpc) is 2.46. The van der Waals surface area contributed by atoms with Crippen molar-refractivity contribution in [1.82, 2.24) is 4.31 Å². The molecule has 23 heavy (non-hydrogen) atoms. The number of benzene rings is 2. The van der Waals surface area contributed by atoms with E-state index in [0.717, 1.165) is 12.0 Å². The molecule has 0 radical (unpaired) electrons. The Balaban J connectivity index is 2.00. The zero-order chi connectivity index (χ0) is 16.6. The number of hydrogen-bond donors (Lipinski definition) is 0. The van der Waals surface area contributed by atoms with Crippen molar-refractivity contribution >= 4 is 15.7 Å². The lowest BCUT2D eigenvalue weighted by Gasteiger charge is -2.40. The predicted molar refractivity (Wildman–Crippen MR) is 85.5 cm³/mol. The van der Waals surface area contributed by atoms with Crippen LogP contribution in [0.3, 0.4) is 0 Å². The van der Waals surface area contributed by atoms with Crippen LogP contribution >= 0.6 is 0 Å². The highest BCUT2D eigenvalue weighted by Gasteiger charge is 2.40. The lowest BCUT2D eigenvalue weighted by molar-refractivity contribution is -0.385. The van der Waals surface area contributed by atoms with Gasteiger partial charge in [-0.3, -0.25) is 10.1 Å². The Hall–Kier alpha value is -2.25. The summed E-state index contributed by atoms with van der Waals surface area (Å²) in [4.78, 5) is 10.5. The Morgan fingerprint density at radius 2 is 1.83 bits per heavy atom. The van der Waals surface area contributed by atoms with E-state index in [-0.39, 0.29) is 22.2 Å². The molecule has 1 unspecified atom stereocenters. The molecule has 0 N–H and O–H groups in total. The first-order chi connectivity index (χ1) is 10.9. The van der Waals surface area contributed by atoms with Gasteiger partial charge in [0.25, 0.3) is 5.69 Å². The number of nitro benzene ring substituents is 1. The van der Waals surface area contributed by atoms with Crippen molar-refractivity contribution in [1.29, 1.82) is 0 Å². The van der Waals surface area contributed by atoms with Gasteiger partial charge in [-0.15, -0.1) is 0 Å². The van der Waals surface area contributed by atoms with E-state index >= 15 is 0 Å². The van der Waals surface area contributed by atoms with Gasteiger partial charge in [0, 0.05) is 18.2 Å². The lowest BCUT2D eigenvalue weighted by Crippen LogP contribution is -2.45. The fourth-order valence-corrected chi connectivity index (χ4v) is 4.77. The van der Waals surface area contributed by atoms with Gasteiger partial charge in [-0.2, -0.15) is 4.31 Å². The first-order valence-corrected chi connectivity index (χ1v) is 8.67. The molecule has 1 aliphatic rings. The van der Waals surface area contributed by atoms with Crippen molar-refractivity contribution in [2.45, 2.75) is 24.3 Å². The molecule has 1 heterocycles. The molecular formula is C16H16N2O4S. The topological polar surface area (TPSA) is 80.5 Å². The molecule has 0 bridgehead atoms. The molecule has 2 aromatic carbocycles. The van der Waals surface area contributed by atoms with Crippen LogP contribution in [0.25, 0.3) is 0 Å². The average molecular weight is 332 g/mol. The van der Waals surface area contributed by atoms with E-state index in [1.165, 1.54) is 29.4 Å². The van der Waals surface area contributed by atoms with Crippen molar-refractivity contribution in [3.05, 3.63) is 69.8 Å². The molecule has 3 rings (SSSR count). The third-order valence-electron chi connectivity index (χ3n) is 4.19. The highest BCUT2D eigenvalue weighted by molar-refractivity contribution is 7.89. The SMILES string of the molecule is Cc1c([N+](=O)[O-])cccc1S(=O)(=O)N1CCC1c1ccccc1. The van der Waals surface area contributed by atoms with Crippen LogP contribution in [-0.2, 0) is 10.0 Å². The Morgan fingerprint density at radius 3 is 2.39 bits per heavy atom. The monoisotopic (exact) mass is 332 g/mol. The van der Waals surface area contributed by atoms with Gasteiger partial charge in [-0.05, 0) is 25.0 Å². The lowest BCUT2D eigenvalue weighted by atomic mass is 9.98. The minimum Gasteiger partial charge on any atom is -0.258 e. The van der Waals surface area contributed by atoms with E-state index in [4.69, 9.17) is 0 Å². The van der Waals surface area contributed by atoms with Crippen LogP contribution in [0, 0.1) is 17.0 Å². The van der Waals surface area contributed by atoms with E-state index in [1.807, 2.05) is 30.3 Å². The molecule has 2 aromatic rings. The molecule has 0 aliphatic carbocycles. The third-order valence-corrected chi connectivity index (χ3v) is 6.25. The molecule has 0 spiro atoms. The fourth-order valence-electron chi connectivity index (χ4n) is 2.87. The van der Waals surface area contributed by atoms with Crippen molar-refractivity contribution in [2.75, 3.05) is 6.54 Å². The van der Waals surface area contributed by atoms with Crippen molar-refractivity contribution in [3.63, 3.8) is 0 Å². The van der Waals surface area contributed by atoms with Gasteiger partial charge in [-0.25, -0.2) is 8.42 Å². The second kappa shape index (κ2) is 5.75. The molecule has 6 nitrogen and oxygen atoms in total. The first-order valence-electron chi connectivity index (χ1n) is 7.23. The van der Waals surface area contributed by atoms with Gasteiger partial charge >= 0.3 is 0 Å². The summed E-state index contributed by atoms with van der Waals surface area (Å²) in [7, 11) is -3.76. The van der Waals surface area contributed by atoms with Gasteiger partial charge in [0.05, 0.1) is 15.9 Å². The van der Waals surface area contributed by atoms with Crippen LogP contribution in [0.4, 0.5) is 5.69 Å². The number of rotatable bonds is 4. The van der Waals surface area contributed by atoms with E-state index < -0.39 is 14.9 Å². The van der Waals surface area contributed by atoms with Crippen molar-refractivity contribution in [2.24, 2.45) is 0 Å². The van der Waals surface area contributed by atoms with Crippen LogP contribution in [0.15, 0.2) is 53.4 Å². The number of nitro groups is 1. The van der Waals surface area contributed by atoms with E-state index in [2.05, 4.69) is 0 Å². The third kappa shape index (κ3) is 2.62. The Morgan fingerprint density at radius 1 is 1.13 bits per heavy atom. The number of hydrogen-bond acceptors (Lipinski definition) is 4. The van der Waals surface area contributed by atoms with Crippen LogP contribution in [0.5, 0.6) is 0 Å². The van der Waals surface area contributed by atoms with Gasteiger partial charge < -0.3 is 0 Å².